The highest BCUT2D eigenvalue weighted by atomic mass is 79.9. The molecule has 0 heterocycles. The fourth-order valence-electron chi connectivity index (χ4n) is 3.99. The highest BCUT2D eigenvalue weighted by molar-refractivity contribution is 9.11. The number of nitrogens with one attached hydrogen (secondary N) is 1. The first-order valence-corrected chi connectivity index (χ1v) is 13.2. The quantitative estimate of drug-likeness (QED) is 0.144. The van der Waals surface area contributed by atoms with Crippen molar-refractivity contribution in [3.63, 3.8) is 0 Å². The number of nitrogens with zero attached hydrogens (tertiary/aromatic N) is 1. The second-order valence-electron chi connectivity index (χ2n) is 8.30. The van der Waals surface area contributed by atoms with Crippen LogP contribution in [0.1, 0.15) is 11.1 Å². The van der Waals surface area contributed by atoms with Gasteiger partial charge in [0.15, 0.2) is 6.61 Å². The minimum atomic E-state index is -0.367. The number of carbonyl (C=O) groups is 1. The van der Waals surface area contributed by atoms with Crippen molar-refractivity contribution in [2.24, 2.45) is 5.10 Å². The number of hydrogen-bond acceptors (Lipinski definition) is 4. The molecule has 0 saturated carbocycles. The monoisotopic (exact) mass is 616 g/mol. The van der Waals surface area contributed by atoms with E-state index in [1.54, 1.807) is 6.21 Å². The van der Waals surface area contributed by atoms with Gasteiger partial charge < -0.3 is 9.47 Å². The predicted molar refractivity (Wildman–Crippen MR) is 155 cm³/mol. The van der Waals surface area contributed by atoms with Crippen molar-refractivity contribution < 1.29 is 14.3 Å². The lowest BCUT2D eigenvalue weighted by molar-refractivity contribution is -0.123. The molecule has 0 atom stereocenters. The van der Waals surface area contributed by atoms with Crippen LogP contribution in [0.4, 0.5) is 0 Å². The molecule has 1 amide bonds. The van der Waals surface area contributed by atoms with E-state index in [4.69, 9.17) is 9.47 Å². The molecule has 5 nitrogen and oxygen atoms in total. The Kier molecular flexibility index (Phi) is 7.82. The Balaban J connectivity index is 1.28. The van der Waals surface area contributed by atoms with Crippen LogP contribution in [0, 0.1) is 0 Å². The van der Waals surface area contributed by atoms with E-state index >= 15 is 0 Å². The standard InChI is InChI=1S/C30H22Br2N2O3/c31-23-9-5-6-20(16-23)18-36-27-14-12-21-7-1-3-10-24(21)26(27)17-33-34-29(35)19-37-28-15-13-22-8-2-4-11-25(22)30(28)32/h1-17H,18-19H2,(H,34,35)/b33-17-. The van der Waals surface area contributed by atoms with Gasteiger partial charge >= 0.3 is 0 Å². The van der Waals surface area contributed by atoms with Crippen molar-refractivity contribution in [1.82, 2.24) is 5.43 Å². The molecule has 0 aliphatic heterocycles. The van der Waals surface area contributed by atoms with Crippen LogP contribution >= 0.6 is 31.9 Å². The smallest absolute Gasteiger partial charge is 0.277 e. The summed E-state index contributed by atoms with van der Waals surface area (Å²) in [5.41, 5.74) is 4.38. The highest BCUT2D eigenvalue weighted by Gasteiger charge is 2.10. The summed E-state index contributed by atoms with van der Waals surface area (Å²) in [5, 5.41) is 8.33. The molecule has 7 heteroatoms. The zero-order valence-electron chi connectivity index (χ0n) is 19.7. The van der Waals surface area contributed by atoms with Crippen LogP contribution in [0.2, 0.25) is 0 Å². The van der Waals surface area contributed by atoms with Crippen LogP contribution in [-0.2, 0) is 11.4 Å². The van der Waals surface area contributed by atoms with Crippen molar-refractivity contribution in [2.75, 3.05) is 6.61 Å². The number of hydrogen-bond donors (Lipinski definition) is 1. The summed E-state index contributed by atoms with van der Waals surface area (Å²) >= 11 is 7.07. The van der Waals surface area contributed by atoms with Gasteiger partial charge in [-0.2, -0.15) is 5.10 Å². The Morgan fingerprint density at radius 1 is 0.784 bits per heavy atom. The molecule has 5 aromatic carbocycles. The number of fused-ring (bicyclic) bond motifs is 2. The number of ether oxygens (including phenoxy) is 2. The molecule has 1 N–H and O–H groups in total. The third-order valence-corrected chi connectivity index (χ3v) is 7.09. The lowest BCUT2D eigenvalue weighted by atomic mass is 10.0. The molecular formula is C30H22Br2N2O3. The Bertz CT molecular complexity index is 1620. The first-order valence-electron chi connectivity index (χ1n) is 11.6. The number of halogens is 2. The average molecular weight is 618 g/mol. The van der Waals surface area contributed by atoms with Gasteiger partial charge in [0.2, 0.25) is 0 Å². The number of rotatable bonds is 8. The summed E-state index contributed by atoms with van der Waals surface area (Å²) in [4.78, 5) is 12.5. The van der Waals surface area contributed by atoms with Crippen LogP contribution in [-0.4, -0.2) is 18.7 Å². The highest BCUT2D eigenvalue weighted by Crippen LogP contribution is 2.33. The summed E-state index contributed by atoms with van der Waals surface area (Å²) in [6.07, 6.45) is 1.61. The molecule has 5 rings (SSSR count). The van der Waals surface area contributed by atoms with Gasteiger partial charge in [-0.1, -0.05) is 88.7 Å². The van der Waals surface area contributed by atoms with E-state index in [2.05, 4.69) is 42.4 Å². The van der Waals surface area contributed by atoms with Gasteiger partial charge in [-0.3, -0.25) is 4.79 Å². The fourth-order valence-corrected chi connectivity index (χ4v) is 5.05. The molecule has 0 aromatic heterocycles. The molecule has 37 heavy (non-hydrogen) atoms. The third-order valence-electron chi connectivity index (χ3n) is 5.78. The van der Waals surface area contributed by atoms with Gasteiger partial charge in [0.05, 0.1) is 10.7 Å². The first kappa shape index (κ1) is 25.0. The van der Waals surface area contributed by atoms with E-state index in [1.807, 2.05) is 97.1 Å². The lowest BCUT2D eigenvalue weighted by Gasteiger charge is -2.12. The zero-order valence-corrected chi connectivity index (χ0v) is 22.8. The van der Waals surface area contributed by atoms with Crippen LogP contribution in [0.15, 0.2) is 111 Å². The Hall–Kier alpha value is -3.68. The van der Waals surface area contributed by atoms with Gasteiger partial charge in [-0.25, -0.2) is 5.43 Å². The third kappa shape index (κ3) is 6.01. The van der Waals surface area contributed by atoms with Gasteiger partial charge in [-0.05, 0) is 67.3 Å². The average Bonchev–Trinajstić information content (AvgIpc) is 2.92. The predicted octanol–water partition coefficient (Wildman–Crippen LogP) is 7.63. The second-order valence-corrected chi connectivity index (χ2v) is 10.0. The van der Waals surface area contributed by atoms with E-state index in [1.165, 1.54) is 0 Å². The van der Waals surface area contributed by atoms with Gasteiger partial charge in [0.1, 0.15) is 18.1 Å². The van der Waals surface area contributed by atoms with E-state index < -0.39 is 0 Å². The molecule has 0 saturated heterocycles. The maximum Gasteiger partial charge on any atom is 0.277 e. The van der Waals surface area contributed by atoms with Crippen molar-refractivity contribution in [1.29, 1.82) is 0 Å². The SMILES string of the molecule is O=C(COc1ccc2ccccc2c1Br)N/N=C\c1c(OCc2cccc(Br)c2)ccc2ccccc12. The maximum absolute atomic E-state index is 12.5. The summed E-state index contributed by atoms with van der Waals surface area (Å²) in [6.45, 7) is 0.232. The molecule has 184 valence electrons. The molecular weight excluding hydrogens is 596 g/mol. The van der Waals surface area contributed by atoms with E-state index in [-0.39, 0.29) is 12.5 Å². The van der Waals surface area contributed by atoms with E-state index in [0.29, 0.717) is 18.1 Å². The summed E-state index contributed by atoms with van der Waals surface area (Å²) in [5.74, 6) is 0.899. The maximum atomic E-state index is 12.5. The molecule has 0 aliphatic carbocycles. The summed E-state index contributed by atoms with van der Waals surface area (Å²) in [6, 6.07) is 31.6. The number of amides is 1. The van der Waals surface area contributed by atoms with E-state index in [0.717, 1.165) is 41.6 Å². The molecule has 0 spiro atoms. The molecule has 5 aromatic rings. The lowest BCUT2D eigenvalue weighted by Crippen LogP contribution is -2.24. The Morgan fingerprint density at radius 3 is 2.27 bits per heavy atom. The molecule has 0 radical (unpaired) electrons. The van der Waals surface area contributed by atoms with Crippen LogP contribution in [0.25, 0.3) is 21.5 Å². The van der Waals surface area contributed by atoms with Crippen LogP contribution in [0.3, 0.4) is 0 Å². The number of hydrazone groups is 1. The zero-order chi connectivity index (χ0) is 25.6. The number of carbonyl (C=O) groups excluding carboxylic acids is 1. The van der Waals surface area contributed by atoms with Gasteiger partial charge in [0.25, 0.3) is 5.91 Å². The van der Waals surface area contributed by atoms with E-state index in [9.17, 15) is 4.79 Å². The Labute approximate surface area is 231 Å². The molecule has 0 bridgehead atoms. The molecule has 0 aliphatic rings. The van der Waals surface area contributed by atoms with Crippen molar-refractivity contribution in [3.8, 4) is 11.5 Å². The summed E-state index contributed by atoms with van der Waals surface area (Å²) in [7, 11) is 0. The van der Waals surface area contributed by atoms with Crippen LogP contribution < -0.4 is 14.9 Å². The summed E-state index contributed by atoms with van der Waals surface area (Å²) < 4.78 is 13.7. The first-order chi connectivity index (χ1) is 18.1. The molecule has 0 fully saturated rings. The minimum absolute atomic E-state index is 0.171. The molecule has 0 unspecified atom stereocenters. The Morgan fingerprint density at radius 2 is 1.49 bits per heavy atom. The van der Waals surface area contributed by atoms with Crippen molar-refractivity contribution in [3.05, 3.63) is 117 Å². The van der Waals surface area contributed by atoms with Crippen LogP contribution in [0.5, 0.6) is 11.5 Å². The van der Waals surface area contributed by atoms with Gasteiger partial charge in [0, 0.05) is 10.0 Å². The van der Waals surface area contributed by atoms with Gasteiger partial charge in [-0.15, -0.1) is 0 Å². The van der Waals surface area contributed by atoms with Crippen molar-refractivity contribution >= 4 is 65.5 Å². The normalized spacial score (nSPS) is 11.2. The number of benzene rings is 5. The minimum Gasteiger partial charge on any atom is -0.488 e. The fraction of sp³-hybridized carbons (Fsp3) is 0.0667. The van der Waals surface area contributed by atoms with Crippen molar-refractivity contribution in [2.45, 2.75) is 6.61 Å². The topological polar surface area (TPSA) is 59.9 Å². The second kappa shape index (κ2) is 11.6. The largest absolute Gasteiger partial charge is 0.488 e.